The maximum Gasteiger partial charge on any atom is 0.0794 e. The van der Waals surface area contributed by atoms with Crippen LogP contribution >= 0.6 is 22.7 Å². The van der Waals surface area contributed by atoms with Crippen molar-refractivity contribution in [2.45, 2.75) is 19.0 Å². The quantitative estimate of drug-likeness (QED) is 0.742. The van der Waals surface area contributed by atoms with Crippen molar-refractivity contribution in [2.75, 3.05) is 0 Å². The van der Waals surface area contributed by atoms with Gasteiger partial charge in [0.1, 0.15) is 0 Å². The summed E-state index contributed by atoms with van der Waals surface area (Å²) in [5.41, 5.74) is 3.18. The topological polar surface area (TPSA) is 24.9 Å². The van der Waals surface area contributed by atoms with Crippen LogP contribution in [0.25, 0.3) is 0 Å². The van der Waals surface area contributed by atoms with Crippen LogP contribution in [0.1, 0.15) is 34.3 Å². The Labute approximate surface area is 127 Å². The van der Waals surface area contributed by atoms with Crippen molar-refractivity contribution in [3.05, 3.63) is 74.9 Å². The molecule has 1 N–H and O–H groups in total. The summed E-state index contributed by atoms with van der Waals surface area (Å²) in [5, 5.41) is 5.85. The summed E-state index contributed by atoms with van der Waals surface area (Å²) < 4.78 is 0. The molecule has 2 heterocycles. The molecule has 0 bridgehead atoms. The first-order valence-electron chi connectivity index (χ1n) is 6.57. The molecule has 0 amide bonds. The Kier molecular flexibility index (Phi) is 4.25. The molecule has 20 heavy (non-hydrogen) atoms. The molecule has 2 atom stereocenters. The number of hydrogen-bond acceptors (Lipinski definition) is 4. The van der Waals surface area contributed by atoms with E-state index >= 15 is 0 Å². The molecule has 0 aliphatic carbocycles. The van der Waals surface area contributed by atoms with Crippen LogP contribution in [0, 0.1) is 0 Å². The molecule has 102 valence electrons. The highest BCUT2D eigenvalue weighted by atomic mass is 32.1. The number of aromatic nitrogens is 1. The van der Waals surface area contributed by atoms with Gasteiger partial charge in [0, 0.05) is 22.0 Å². The van der Waals surface area contributed by atoms with Gasteiger partial charge in [0.15, 0.2) is 0 Å². The van der Waals surface area contributed by atoms with Gasteiger partial charge in [-0.05, 0) is 23.9 Å². The summed E-state index contributed by atoms with van der Waals surface area (Å²) >= 11 is 3.49. The summed E-state index contributed by atoms with van der Waals surface area (Å²) in [4.78, 5) is 6.77. The first kappa shape index (κ1) is 13.5. The molecule has 0 aliphatic rings. The van der Waals surface area contributed by atoms with Crippen molar-refractivity contribution in [1.29, 1.82) is 0 Å². The fourth-order valence-electron chi connectivity index (χ4n) is 2.22. The van der Waals surface area contributed by atoms with E-state index in [-0.39, 0.29) is 12.1 Å². The molecule has 2 aromatic heterocycles. The fourth-order valence-corrected chi connectivity index (χ4v) is 3.66. The predicted molar refractivity (Wildman–Crippen MR) is 86.3 cm³/mol. The second-order valence-electron chi connectivity index (χ2n) is 4.65. The van der Waals surface area contributed by atoms with Gasteiger partial charge >= 0.3 is 0 Å². The second kappa shape index (κ2) is 6.31. The molecule has 0 saturated carbocycles. The van der Waals surface area contributed by atoms with Crippen LogP contribution in [-0.4, -0.2) is 4.98 Å². The van der Waals surface area contributed by atoms with Crippen molar-refractivity contribution in [2.24, 2.45) is 0 Å². The van der Waals surface area contributed by atoms with Crippen molar-refractivity contribution >= 4 is 22.7 Å². The lowest BCUT2D eigenvalue weighted by Gasteiger charge is -2.22. The first-order valence-corrected chi connectivity index (χ1v) is 8.33. The number of benzene rings is 1. The Balaban J connectivity index is 1.87. The monoisotopic (exact) mass is 300 g/mol. The molecule has 0 saturated heterocycles. The Hall–Kier alpha value is -1.49. The van der Waals surface area contributed by atoms with Gasteiger partial charge in [-0.3, -0.25) is 10.3 Å². The predicted octanol–water partition coefficient (Wildman–Crippen LogP) is 4.64. The Morgan fingerprint density at radius 1 is 1.00 bits per heavy atom. The zero-order chi connectivity index (χ0) is 13.8. The van der Waals surface area contributed by atoms with E-state index in [4.69, 9.17) is 0 Å². The van der Waals surface area contributed by atoms with Crippen LogP contribution in [0.4, 0.5) is 0 Å². The first-order chi connectivity index (χ1) is 9.84. The molecule has 3 aromatic rings. The smallest absolute Gasteiger partial charge is 0.0794 e. The summed E-state index contributed by atoms with van der Waals surface area (Å²) in [6.07, 6.45) is 1.94. The van der Waals surface area contributed by atoms with Gasteiger partial charge in [0.2, 0.25) is 0 Å². The minimum atomic E-state index is 0.230. The molecule has 0 fully saturated rings. The largest absolute Gasteiger partial charge is 0.298 e. The third-order valence-electron chi connectivity index (χ3n) is 3.26. The highest BCUT2D eigenvalue weighted by Gasteiger charge is 2.18. The van der Waals surface area contributed by atoms with Gasteiger partial charge in [-0.1, -0.05) is 36.4 Å². The van der Waals surface area contributed by atoms with Crippen molar-refractivity contribution in [3.8, 4) is 0 Å². The number of nitrogens with one attached hydrogen (secondary N) is 1. The van der Waals surface area contributed by atoms with Crippen molar-refractivity contribution in [3.63, 3.8) is 0 Å². The molecule has 4 heteroatoms. The van der Waals surface area contributed by atoms with Crippen LogP contribution in [0.5, 0.6) is 0 Å². The van der Waals surface area contributed by atoms with Gasteiger partial charge < -0.3 is 0 Å². The highest BCUT2D eigenvalue weighted by molar-refractivity contribution is 7.10. The summed E-state index contributed by atoms with van der Waals surface area (Å²) in [6.45, 7) is 2.19. The van der Waals surface area contributed by atoms with Gasteiger partial charge in [-0.25, -0.2) is 0 Å². The molecule has 1 aromatic carbocycles. The average Bonchev–Trinajstić information content (AvgIpc) is 3.18. The maximum absolute atomic E-state index is 4.17. The molecule has 3 rings (SSSR count). The lowest BCUT2D eigenvalue weighted by molar-refractivity contribution is 0.527. The molecule has 2 unspecified atom stereocenters. The minimum absolute atomic E-state index is 0.230. The van der Waals surface area contributed by atoms with E-state index in [0.29, 0.717) is 0 Å². The molecule has 0 spiro atoms. The van der Waals surface area contributed by atoms with E-state index in [9.17, 15) is 0 Å². The SMILES string of the molecule is CC(NC(c1ccccc1)c1cccs1)c1cncs1. The molecule has 0 aliphatic heterocycles. The third kappa shape index (κ3) is 2.98. The number of hydrogen-bond donors (Lipinski definition) is 1. The Morgan fingerprint density at radius 2 is 1.85 bits per heavy atom. The number of rotatable bonds is 5. The van der Waals surface area contributed by atoms with Crippen molar-refractivity contribution in [1.82, 2.24) is 10.3 Å². The number of thiazole rings is 1. The maximum atomic E-state index is 4.17. The van der Waals surface area contributed by atoms with Crippen LogP contribution in [0.15, 0.2) is 59.6 Å². The third-order valence-corrected chi connectivity index (χ3v) is 5.15. The van der Waals surface area contributed by atoms with Gasteiger partial charge in [-0.15, -0.1) is 22.7 Å². The minimum Gasteiger partial charge on any atom is -0.298 e. The van der Waals surface area contributed by atoms with E-state index in [1.54, 1.807) is 22.7 Å². The van der Waals surface area contributed by atoms with E-state index in [2.05, 4.69) is 65.1 Å². The normalized spacial score (nSPS) is 14.1. The van der Waals surface area contributed by atoms with E-state index < -0.39 is 0 Å². The summed E-state index contributed by atoms with van der Waals surface area (Å²) in [6, 6.07) is 15.4. The zero-order valence-electron chi connectivity index (χ0n) is 11.2. The molecular formula is C16H16N2S2. The lowest BCUT2D eigenvalue weighted by Crippen LogP contribution is -2.24. The van der Waals surface area contributed by atoms with E-state index in [1.165, 1.54) is 15.3 Å². The second-order valence-corrected chi connectivity index (χ2v) is 6.55. The van der Waals surface area contributed by atoms with Crippen LogP contribution in [-0.2, 0) is 0 Å². The Morgan fingerprint density at radius 3 is 2.50 bits per heavy atom. The molecule has 0 radical (unpaired) electrons. The zero-order valence-corrected chi connectivity index (χ0v) is 12.8. The lowest BCUT2D eigenvalue weighted by atomic mass is 10.0. The molecular weight excluding hydrogens is 284 g/mol. The summed E-state index contributed by atoms with van der Waals surface area (Å²) in [5.74, 6) is 0. The fraction of sp³-hybridized carbons (Fsp3) is 0.188. The number of thiophene rings is 1. The molecule has 2 nitrogen and oxygen atoms in total. The van der Waals surface area contributed by atoms with Crippen molar-refractivity contribution < 1.29 is 0 Å². The number of nitrogens with zero attached hydrogens (tertiary/aromatic N) is 1. The summed E-state index contributed by atoms with van der Waals surface area (Å²) in [7, 11) is 0. The standard InChI is InChI=1S/C16H16N2S2/c1-12(15-10-17-11-20-15)18-16(14-8-5-9-19-14)13-6-3-2-4-7-13/h2-12,16,18H,1H3. The average molecular weight is 300 g/mol. The van der Waals surface area contributed by atoms with E-state index in [0.717, 1.165) is 0 Å². The Bertz CT molecular complexity index is 618. The van der Waals surface area contributed by atoms with Gasteiger partial charge in [0.05, 0.1) is 11.6 Å². The van der Waals surface area contributed by atoms with Crippen LogP contribution in [0.2, 0.25) is 0 Å². The van der Waals surface area contributed by atoms with Crippen LogP contribution in [0.3, 0.4) is 0 Å². The van der Waals surface area contributed by atoms with Crippen LogP contribution < -0.4 is 5.32 Å². The highest BCUT2D eigenvalue weighted by Crippen LogP contribution is 2.29. The van der Waals surface area contributed by atoms with Gasteiger partial charge in [0.25, 0.3) is 0 Å². The van der Waals surface area contributed by atoms with Gasteiger partial charge in [-0.2, -0.15) is 0 Å². The van der Waals surface area contributed by atoms with E-state index in [1.807, 2.05) is 11.7 Å².